The van der Waals surface area contributed by atoms with Gasteiger partial charge in [0.15, 0.2) is 0 Å². The van der Waals surface area contributed by atoms with Gasteiger partial charge < -0.3 is 0 Å². The van der Waals surface area contributed by atoms with Crippen molar-refractivity contribution < 1.29 is 13.2 Å². The normalized spacial score (nSPS) is 11.8. The third-order valence-electron chi connectivity index (χ3n) is 2.16. The Hall–Kier alpha value is -1.85. The number of hydrogen-bond donors (Lipinski definition) is 0. The van der Waals surface area contributed by atoms with Crippen molar-refractivity contribution in [1.82, 2.24) is 15.0 Å². The highest BCUT2D eigenvalue weighted by Crippen LogP contribution is 2.30. The number of aryl methyl sites for hydroxylation is 1. The molecule has 2 rings (SSSR count). The summed E-state index contributed by atoms with van der Waals surface area (Å²) >= 11 is 0. The Morgan fingerprint density at radius 2 is 1.75 bits per heavy atom. The Kier molecular flexibility index (Phi) is 2.41. The lowest BCUT2D eigenvalue weighted by Gasteiger charge is -2.10. The number of hydrogen-bond acceptors (Lipinski definition) is 2. The van der Waals surface area contributed by atoms with Gasteiger partial charge in [0.25, 0.3) is 0 Å². The van der Waals surface area contributed by atoms with Gasteiger partial charge in [-0.15, -0.1) is 0 Å². The van der Waals surface area contributed by atoms with E-state index >= 15 is 0 Å². The first-order valence-electron chi connectivity index (χ1n) is 4.53. The molecule has 0 atom stereocenters. The van der Waals surface area contributed by atoms with E-state index in [1.54, 1.807) is 6.92 Å². The molecule has 6 heteroatoms. The summed E-state index contributed by atoms with van der Waals surface area (Å²) in [5, 5.41) is 7.73. The lowest BCUT2D eigenvalue weighted by atomic mass is 10.1. The standard InChI is InChI=1S/C10H8F3N3/c1-7-6-8(10(11,12)13)2-3-9(7)16-14-4-5-15-16/h2-6H,1H3. The van der Waals surface area contributed by atoms with Gasteiger partial charge in [0, 0.05) is 0 Å². The molecule has 0 amide bonds. The van der Waals surface area contributed by atoms with Crippen molar-refractivity contribution in [3.63, 3.8) is 0 Å². The second-order valence-corrected chi connectivity index (χ2v) is 3.32. The minimum absolute atomic E-state index is 0.478. The van der Waals surface area contributed by atoms with Crippen LogP contribution in [0.4, 0.5) is 13.2 Å². The summed E-state index contributed by atoms with van der Waals surface area (Å²) in [6.07, 6.45) is -1.38. The fourth-order valence-electron chi connectivity index (χ4n) is 1.40. The maximum atomic E-state index is 12.4. The number of benzene rings is 1. The molecule has 0 bridgehead atoms. The molecule has 0 spiro atoms. The van der Waals surface area contributed by atoms with Gasteiger partial charge in [0.2, 0.25) is 0 Å². The van der Waals surface area contributed by atoms with E-state index in [9.17, 15) is 13.2 Å². The third kappa shape index (κ3) is 1.91. The first kappa shape index (κ1) is 10.7. The number of rotatable bonds is 1. The molecule has 0 aliphatic rings. The summed E-state index contributed by atoms with van der Waals surface area (Å²) in [7, 11) is 0. The summed E-state index contributed by atoms with van der Waals surface area (Å²) in [4.78, 5) is 1.29. The van der Waals surface area contributed by atoms with Crippen LogP contribution in [-0.4, -0.2) is 15.0 Å². The van der Waals surface area contributed by atoms with Gasteiger partial charge in [-0.3, -0.25) is 0 Å². The number of nitrogens with zero attached hydrogens (tertiary/aromatic N) is 3. The fourth-order valence-corrected chi connectivity index (χ4v) is 1.40. The molecule has 0 fully saturated rings. The molecule has 84 valence electrons. The van der Waals surface area contributed by atoms with Gasteiger partial charge in [-0.05, 0) is 30.7 Å². The van der Waals surface area contributed by atoms with E-state index in [0.29, 0.717) is 11.3 Å². The van der Waals surface area contributed by atoms with Crippen LogP contribution in [0.3, 0.4) is 0 Å². The van der Waals surface area contributed by atoms with E-state index < -0.39 is 11.7 Å². The van der Waals surface area contributed by atoms with Crippen LogP contribution in [0.2, 0.25) is 0 Å². The topological polar surface area (TPSA) is 30.7 Å². The molecule has 3 nitrogen and oxygen atoms in total. The Labute approximate surface area is 89.5 Å². The number of alkyl halides is 3. The highest BCUT2D eigenvalue weighted by Gasteiger charge is 2.30. The highest BCUT2D eigenvalue weighted by atomic mass is 19.4. The molecule has 0 N–H and O–H groups in total. The quantitative estimate of drug-likeness (QED) is 0.749. The molecule has 1 heterocycles. The molecule has 0 unspecified atom stereocenters. The second-order valence-electron chi connectivity index (χ2n) is 3.32. The summed E-state index contributed by atoms with van der Waals surface area (Å²) in [5.74, 6) is 0. The lowest BCUT2D eigenvalue weighted by molar-refractivity contribution is -0.137. The summed E-state index contributed by atoms with van der Waals surface area (Å²) < 4.78 is 37.2. The summed E-state index contributed by atoms with van der Waals surface area (Å²) in [6, 6.07) is 3.46. The predicted molar refractivity (Wildman–Crippen MR) is 51.1 cm³/mol. The van der Waals surface area contributed by atoms with E-state index in [0.717, 1.165) is 12.1 Å². The van der Waals surface area contributed by atoms with Gasteiger partial charge in [-0.25, -0.2) is 0 Å². The Morgan fingerprint density at radius 3 is 2.25 bits per heavy atom. The molecule has 16 heavy (non-hydrogen) atoms. The van der Waals surface area contributed by atoms with E-state index in [4.69, 9.17) is 0 Å². The van der Waals surface area contributed by atoms with E-state index in [2.05, 4.69) is 10.2 Å². The van der Waals surface area contributed by atoms with E-state index in [-0.39, 0.29) is 0 Å². The van der Waals surface area contributed by atoms with E-state index in [1.807, 2.05) is 0 Å². The van der Waals surface area contributed by atoms with Crippen LogP contribution < -0.4 is 0 Å². The maximum Gasteiger partial charge on any atom is 0.416 e. The molecule has 1 aromatic carbocycles. The Morgan fingerprint density at radius 1 is 1.12 bits per heavy atom. The van der Waals surface area contributed by atoms with Crippen molar-refractivity contribution in [1.29, 1.82) is 0 Å². The number of aromatic nitrogens is 3. The maximum absolute atomic E-state index is 12.4. The van der Waals surface area contributed by atoms with Gasteiger partial charge in [0.1, 0.15) is 0 Å². The van der Waals surface area contributed by atoms with Crippen LogP contribution in [0.5, 0.6) is 0 Å². The summed E-state index contributed by atoms with van der Waals surface area (Å²) in [5.41, 5.74) is 0.352. The monoisotopic (exact) mass is 227 g/mol. The second kappa shape index (κ2) is 3.62. The van der Waals surface area contributed by atoms with Crippen LogP contribution in [0, 0.1) is 6.92 Å². The first-order chi connectivity index (χ1) is 7.48. The molecule has 2 aromatic rings. The summed E-state index contributed by atoms with van der Waals surface area (Å²) in [6.45, 7) is 1.59. The van der Waals surface area contributed by atoms with Crippen LogP contribution in [0.1, 0.15) is 11.1 Å². The molecule has 0 saturated heterocycles. The van der Waals surface area contributed by atoms with Crippen LogP contribution in [-0.2, 0) is 6.18 Å². The molecular weight excluding hydrogens is 219 g/mol. The van der Waals surface area contributed by atoms with Gasteiger partial charge in [-0.1, -0.05) is 0 Å². The van der Waals surface area contributed by atoms with Crippen molar-refractivity contribution in [3.8, 4) is 5.69 Å². The molecule has 1 aromatic heterocycles. The van der Waals surface area contributed by atoms with Crippen molar-refractivity contribution >= 4 is 0 Å². The minimum Gasteiger partial charge on any atom is -0.166 e. The average Bonchev–Trinajstić information content (AvgIpc) is 2.69. The SMILES string of the molecule is Cc1cc(C(F)(F)F)ccc1-n1nccn1. The van der Waals surface area contributed by atoms with Gasteiger partial charge in [0.05, 0.1) is 23.6 Å². The van der Waals surface area contributed by atoms with E-state index in [1.165, 1.54) is 23.3 Å². The average molecular weight is 227 g/mol. The third-order valence-corrected chi connectivity index (χ3v) is 2.16. The van der Waals surface area contributed by atoms with Crippen molar-refractivity contribution in [2.24, 2.45) is 0 Å². The minimum atomic E-state index is -4.32. The fraction of sp³-hybridized carbons (Fsp3) is 0.200. The zero-order chi connectivity index (χ0) is 11.8. The lowest BCUT2D eigenvalue weighted by Crippen LogP contribution is -2.07. The molecule has 0 saturated carbocycles. The zero-order valence-electron chi connectivity index (χ0n) is 8.36. The van der Waals surface area contributed by atoms with Crippen LogP contribution >= 0.6 is 0 Å². The molecule has 0 aliphatic carbocycles. The van der Waals surface area contributed by atoms with Gasteiger partial charge >= 0.3 is 6.18 Å². The van der Waals surface area contributed by atoms with Crippen LogP contribution in [0.25, 0.3) is 5.69 Å². The molecule has 0 radical (unpaired) electrons. The highest BCUT2D eigenvalue weighted by molar-refractivity contribution is 5.41. The van der Waals surface area contributed by atoms with Crippen molar-refractivity contribution in [2.45, 2.75) is 13.1 Å². The van der Waals surface area contributed by atoms with Crippen molar-refractivity contribution in [3.05, 3.63) is 41.7 Å². The predicted octanol–water partition coefficient (Wildman–Crippen LogP) is 2.59. The molecule has 0 aliphatic heterocycles. The van der Waals surface area contributed by atoms with Crippen molar-refractivity contribution in [2.75, 3.05) is 0 Å². The first-order valence-corrected chi connectivity index (χ1v) is 4.53. The largest absolute Gasteiger partial charge is 0.416 e. The van der Waals surface area contributed by atoms with Gasteiger partial charge in [-0.2, -0.15) is 28.2 Å². The molecular formula is C10H8F3N3. The smallest absolute Gasteiger partial charge is 0.166 e. The Bertz CT molecular complexity index is 489. The number of halogens is 3. The Balaban J connectivity index is 2.46. The van der Waals surface area contributed by atoms with Crippen LogP contribution in [0.15, 0.2) is 30.6 Å². The zero-order valence-corrected chi connectivity index (χ0v) is 8.36.